The van der Waals surface area contributed by atoms with Gasteiger partial charge in [-0.3, -0.25) is 9.59 Å². The fourth-order valence-electron chi connectivity index (χ4n) is 0.374. The topological polar surface area (TPSA) is 92.4 Å². The Balaban J connectivity index is 3.83. The predicted octanol–water partition coefficient (Wildman–Crippen LogP) is -0.942. The zero-order valence-corrected chi connectivity index (χ0v) is 5.76. The number of halogens is 1. The highest BCUT2D eigenvalue weighted by atomic mass is 35.5. The first-order valence-corrected chi connectivity index (χ1v) is 2.83. The number of carbonyl (C=O) groups excluding carboxylic acids is 1. The van der Waals surface area contributed by atoms with Crippen molar-refractivity contribution in [1.82, 2.24) is 4.84 Å². The summed E-state index contributed by atoms with van der Waals surface area (Å²) in [6.07, 6.45) is -0.307. The molecule has 1 unspecified atom stereocenters. The molecule has 0 aliphatic rings. The molecule has 0 aromatic heterocycles. The van der Waals surface area contributed by atoms with Crippen LogP contribution < -0.4 is 10.6 Å². The summed E-state index contributed by atoms with van der Waals surface area (Å²) in [5.41, 5.74) is 4.71. The van der Waals surface area contributed by atoms with Crippen molar-refractivity contribution in [3.63, 3.8) is 0 Å². The smallest absolute Gasteiger partial charge is 0.322 e. The van der Waals surface area contributed by atoms with Gasteiger partial charge in [0.05, 0.1) is 6.42 Å². The second-order valence-electron chi connectivity index (χ2n) is 1.67. The number of carboxylic acid groups (broad SMARTS) is 1. The average Bonchev–Trinajstić information content (AvgIpc) is 1.81. The van der Waals surface area contributed by atoms with Gasteiger partial charge in [0, 0.05) is 0 Å². The normalized spacial score (nSPS) is 12.5. The van der Waals surface area contributed by atoms with E-state index in [2.05, 4.69) is 0 Å². The first-order chi connectivity index (χ1) is 4.57. The van der Waals surface area contributed by atoms with Gasteiger partial charge >= 0.3 is 5.97 Å². The molecule has 0 aliphatic heterocycles. The lowest BCUT2D eigenvalue weighted by molar-refractivity contribution is -0.140. The van der Waals surface area contributed by atoms with Crippen molar-refractivity contribution in [3.8, 4) is 0 Å². The monoisotopic (exact) mass is 166 g/mol. The Kier molecular flexibility index (Phi) is 3.75. The Bertz CT molecular complexity index is 149. The van der Waals surface area contributed by atoms with Crippen molar-refractivity contribution in [2.75, 3.05) is 0 Å². The molecule has 0 saturated carbocycles. The maximum Gasteiger partial charge on any atom is 0.322 e. The minimum atomic E-state index is -1.20. The molecule has 1 atom stereocenters. The molecule has 0 rings (SSSR count). The number of primary amides is 1. The molecule has 0 heterocycles. The zero-order chi connectivity index (χ0) is 8.15. The van der Waals surface area contributed by atoms with E-state index < -0.39 is 17.9 Å². The summed E-state index contributed by atoms with van der Waals surface area (Å²) in [7, 11) is 0. The Morgan fingerprint density at radius 2 is 2.20 bits per heavy atom. The lowest BCUT2D eigenvalue weighted by Gasteiger charge is -2.04. The van der Waals surface area contributed by atoms with Crippen LogP contribution in [0.2, 0.25) is 0 Å². The number of hydrogen-bond acceptors (Lipinski definition) is 3. The third kappa shape index (κ3) is 3.26. The summed E-state index contributed by atoms with van der Waals surface area (Å²) >= 11 is 4.97. The molecule has 0 fully saturated rings. The molecule has 10 heavy (non-hydrogen) atoms. The molecule has 0 aliphatic carbocycles. The summed E-state index contributed by atoms with van der Waals surface area (Å²) in [6, 6.07) is -1.10. The number of nitrogens with one attached hydrogen (secondary N) is 1. The Morgan fingerprint density at radius 3 is 2.30 bits per heavy atom. The second-order valence-corrected chi connectivity index (χ2v) is 1.89. The van der Waals surface area contributed by atoms with Gasteiger partial charge in [0.15, 0.2) is 0 Å². The minimum absolute atomic E-state index is 0.307. The van der Waals surface area contributed by atoms with E-state index >= 15 is 0 Å². The average molecular weight is 167 g/mol. The molecular weight excluding hydrogens is 160 g/mol. The molecular formula is C4H7ClN2O3. The van der Waals surface area contributed by atoms with E-state index in [1.165, 1.54) is 0 Å². The number of carboxylic acids is 1. The highest BCUT2D eigenvalue weighted by molar-refractivity contribution is 6.15. The van der Waals surface area contributed by atoms with Crippen LogP contribution in [0.1, 0.15) is 6.42 Å². The molecule has 0 radical (unpaired) electrons. The van der Waals surface area contributed by atoms with E-state index in [4.69, 9.17) is 22.6 Å². The summed E-state index contributed by atoms with van der Waals surface area (Å²) in [6.45, 7) is 0. The predicted molar refractivity (Wildman–Crippen MR) is 34.2 cm³/mol. The molecule has 58 valence electrons. The molecule has 0 saturated heterocycles. The van der Waals surface area contributed by atoms with Gasteiger partial charge in [-0.2, -0.15) is 0 Å². The Hall–Kier alpha value is -0.810. The third-order valence-electron chi connectivity index (χ3n) is 0.835. The van der Waals surface area contributed by atoms with Gasteiger partial charge in [0.25, 0.3) is 0 Å². The van der Waals surface area contributed by atoms with Crippen LogP contribution in [0.3, 0.4) is 0 Å². The van der Waals surface area contributed by atoms with Crippen molar-refractivity contribution >= 4 is 23.7 Å². The van der Waals surface area contributed by atoms with Crippen LogP contribution in [-0.4, -0.2) is 23.0 Å². The van der Waals surface area contributed by atoms with Crippen LogP contribution in [0.4, 0.5) is 0 Å². The van der Waals surface area contributed by atoms with Gasteiger partial charge in [-0.05, 0) is 11.8 Å². The quantitative estimate of drug-likeness (QED) is 0.470. The van der Waals surface area contributed by atoms with Crippen LogP contribution in [0.15, 0.2) is 0 Å². The van der Waals surface area contributed by atoms with Crippen LogP contribution in [0, 0.1) is 0 Å². The van der Waals surface area contributed by atoms with Gasteiger partial charge in [-0.25, -0.2) is 4.84 Å². The number of hydrogen-bond donors (Lipinski definition) is 3. The largest absolute Gasteiger partial charge is 0.480 e. The van der Waals surface area contributed by atoms with Gasteiger partial charge < -0.3 is 10.8 Å². The zero-order valence-electron chi connectivity index (χ0n) is 5.00. The second kappa shape index (κ2) is 4.08. The maximum absolute atomic E-state index is 10.1. The molecule has 0 aromatic rings. The van der Waals surface area contributed by atoms with Crippen LogP contribution >= 0.6 is 11.8 Å². The van der Waals surface area contributed by atoms with Crippen molar-refractivity contribution in [2.45, 2.75) is 12.5 Å². The molecule has 0 bridgehead atoms. The molecule has 4 N–H and O–H groups in total. The number of amides is 1. The van der Waals surface area contributed by atoms with Crippen molar-refractivity contribution in [2.24, 2.45) is 5.73 Å². The summed E-state index contributed by atoms with van der Waals surface area (Å²) in [4.78, 5) is 22.1. The van der Waals surface area contributed by atoms with Gasteiger partial charge in [0.1, 0.15) is 6.04 Å². The van der Waals surface area contributed by atoms with Crippen molar-refractivity contribution < 1.29 is 14.7 Å². The number of aliphatic carboxylic acids is 1. The van der Waals surface area contributed by atoms with Gasteiger partial charge in [-0.15, -0.1) is 0 Å². The molecule has 0 spiro atoms. The van der Waals surface area contributed by atoms with Gasteiger partial charge in [0.2, 0.25) is 5.91 Å². The highest BCUT2D eigenvalue weighted by Gasteiger charge is 2.17. The molecule has 6 heteroatoms. The first kappa shape index (κ1) is 9.19. The number of rotatable bonds is 4. The van der Waals surface area contributed by atoms with Crippen LogP contribution in [0.25, 0.3) is 0 Å². The van der Waals surface area contributed by atoms with E-state index in [-0.39, 0.29) is 6.42 Å². The standard InChI is InChI=1S/C4H7ClN2O3/c5-7-2(4(9)10)1-3(6)8/h2,7H,1H2,(H2,6,8)(H,9,10). The van der Waals surface area contributed by atoms with E-state index in [1.54, 1.807) is 0 Å². The molecule has 1 amide bonds. The lowest BCUT2D eigenvalue weighted by atomic mass is 10.2. The van der Waals surface area contributed by atoms with Crippen molar-refractivity contribution in [3.05, 3.63) is 0 Å². The summed E-state index contributed by atoms with van der Waals surface area (Å²) in [5, 5.41) is 8.27. The minimum Gasteiger partial charge on any atom is -0.480 e. The SMILES string of the molecule is NC(=O)CC(NCl)C(=O)O. The first-order valence-electron chi connectivity index (χ1n) is 2.45. The highest BCUT2D eigenvalue weighted by Crippen LogP contribution is 1.91. The maximum atomic E-state index is 10.1. The van der Waals surface area contributed by atoms with E-state index in [0.29, 0.717) is 0 Å². The summed E-state index contributed by atoms with van der Waals surface area (Å²) in [5.74, 6) is -1.91. The lowest BCUT2D eigenvalue weighted by Crippen LogP contribution is -2.34. The van der Waals surface area contributed by atoms with E-state index in [0.717, 1.165) is 0 Å². The van der Waals surface area contributed by atoms with Crippen LogP contribution in [-0.2, 0) is 9.59 Å². The van der Waals surface area contributed by atoms with E-state index in [1.807, 2.05) is 4.84 Å². The fraction of sp³-hybridized carbons (Fsp3) is 0.500. The fourth-order valence-corrected chi connectivity index (χ4v) is 0.544. The number of nitrogens with two attached hydrogens (primary N) is 1. The van der Waals surface area contributed by atoms with Gasteiger partial charge in [-0.1, -0.05) is 0 Å². The molecule has 0 aromatic carbocycles. The Morgan fingerprint density at radius 1 is 1.70 bits per heavy atom. The Labute approximate surface area is 62.3 Å². The van der Waals surface area contributed by atoms with Crippen molar-refractivity contribution in [1.29, 1.82) is 0 Å². The van der Waals surface area contributed by atoms with E-state index in [9.17, 15) is 9.59 Å². The number of carbonyl (C=O) groups is 2. The summed E-state index contributed by atoms with van der Waals surface area (Å²) < 4.78 is 0. The van der Waals surface area contributed by atoms with Crippen LogP contribution in [0.5, 0.6) is 0 Å². The third-order valence-corrected chi connectivity index (χ3v) is 1.10. The molecule has 5 nitrogen and oxygen atoms in total.